The zero-order valence-corrected chi connectivity index (χ0v) is 74.5. The van der Waals surface area contributed by atoms with Crippen molar-refractivity contribution in [2.45, 2.75) is 184 Å². The third-order valence-electron chi connectivity index (χ3n) is 16.6. The van der Waals surface area contributed by atoms with E-state index in [4.69, 9.17) is 104 Å². The Labute approximate surface area is 704 Å². The Morgan fingerprint density at radius 3 is 0.598 bits per heavy atom. The smallest absolute Gasteiger partial charge is 0.225 e. The van der Waals surface area contributed by atoms with Crippen LogP contribution in [0, 0.1) is 0 Å². The highest BCUT2D eigenvalue weighted by Gasteiger charge is 2.17. The first kappa shape index (κ1) is 117. The molecule has 0 aromatic carbocycles. The molecule has 0 aromatic heterocycles. The summed E-state index contributed by atoms with van der Waals surface area (Å²) >= 11 is 0. The molecule has 0 heterocycles. The maximum Gasteiger partial charge on any atom is 0.225 e. The number of nitrogens with zero attached hydrogens (tertiary/aromatic N) is 3. The number of rotatable bonds is 95. The van der Waals surface area contributed by atoms with E-state index >= 15 is 0 Å². The quantitative estimate of drug-likeness (QED) is 0.0514. The van der Waals surface area contributed by atoms with E-state index in [0.29, 0.717) is 368 Å². The van der Waals surface area contributed by atoms with Crippen LogP contribution in [0.15, 0.2) is 0 Å². The molecule has 0 atom stereocenters. The van der Waals surface area contributed by atoms with Gasteiger partial charge in [0.1, 0.15) is 23.1 Å². The average molecular weight is 1690 g/mol. The normalized spacial score (nSPS) is 11.2. The van der Waals surface area contributed by atoms with Crippen LogP contribution in [0.25, 0.3) is 0 Å². The van der Waals surface area contributed by atoms with Crippen LogP contribution in [0.5, 0.6) is 0 Å². The SMILES string of the molecule is CCCCOCCN(CCOCCCC)C(=O)CCOCCOCCOCCOCC.CCOCCOCCOCCOCCC(=O)N(CCOCCOCCCCC(=O)CC)CCOCCOCCCC(=O)CC.CCOCCOCCOCCOCCC(=O)N(CCOCCOCCCCC(C)=O)CCOCCOCCCC(C)=O. The number of carbonyl (C=O) groups excluding carboxylic acids is 7. The molecule has 0 aliphatic heterocycles. The van der Waals surface area contributed by atoms with Gasteiger partial charge in [-0.3, -0.25) is 24.0 Å². The van der Waals surface area contributed by atoms with Crippen molar-refractivity contribution in [1.29, 1.82) is 0 Å². The third-order valence-corrected chi connectivity index (χ3v) is 16.6. The van der Waals surface area contributed by atoms with Gasteiger partial charge in [0.05, 0.1) is 251 Å². The van der Waals surface area contributed by atoms with Crippen LogP contribution in [0.3, 0.4) is 0 Å². The molecule has 0 bridgehead atoms. The molecule has 0 spiro atoms. The molecule has 32 heteroatoms. The number of carbonyl (C=O) groups is 7. The second-order valence-electron chi connectivity index (χ2n) is 26.6. The van der Waals surface area contributed by atoms with E-state index < -0.39 is 0 Å². The first-order valence-electron chi connectivity index (χ1n) is 43.8. The van der Waals surface area contributed by atoms with Gasteiger partial charge in [-0.15, -0.1) is 0 Å². The Bertz CT molecular complexity index is 2100. The van der Waals surface area contributed by atoms with Crippen molar-refractivity contribution in [2.24, 2.45) is 0 Å². The topological polar surface area (TPSA) is 332 Å². The lowest BCUT2D eigenvalue weighted by Crippen LogP contribution is -2.37. The first-order chi connectivity index (χ1) is 57.3. The molecule has 0 radical (unpaired) electrons. The van der Waals surface area contributed by atoms with Crippen molar-refractivity contribution in [1.82, 2.24) is 14.7 Å². The van der Waals surface area contributed by atoms with E-state index in [9.17, 15) is 33.6 Å². The molecule has 3 amide bonds. The lowest BCUT2D eigenvalue weighted by atomic mass is 10.1. The second kappa shape index (κ2) is 101. The molecule has 0 aliphatic rings. The number of amides is 3. The van der Waals surface area contributed by atoms with Gasteiger partial charge < -0.3 is 128 Å². The van der Waals surface area contributed by atoms with E-state index in [1.165, 1.54) is 0 Å². The Balaban J connectivity index is -0.00000169. The summed E-state index contributed by atoms with van der Waals surface area (Å²) in [5, 5.41) is 0. The van der Waals surface area contributed by atoms with Crippen LogP contribution in [0.2, 0.25) is 0 Å². The summed E-state index contributed by atoms with van der Waals surface area (Å²) in [6.45, 7) is 42.1. The zero-order valence-electron chi connectivity index (χ0n) is 74.5. The highest BCUT2D eigenvalue weighted by Crippen LogP contribution is 2.05. The molecule has 0 rings (SSSR count). The van der Waals surface area contributed by atoms with Gasteiger partial charge in [-0.1, -0.05) is 40.5 Å². The molecule has 694 valence electrons. The summed E-state index contributed by atoms with van der Waals surface area (Å²) in [6.07, 6.45) is 13.4. The molecule has 117 heavy (non-hydrogen) atoms. The lowest BCUT2D eigenvalue weighted by Gasteiger charge is -2.23. The van der Waals surface area contributed by atoms with E-state index in [2.05, 4.69) is 13.8 Å². The van der Waals surface area contributed by atoms with E-state index in [-0.39, 0.29) is 53.7 Å². The summed E-state index contributed by atoms with van der Waals surface area (Å²) < 4.78 is 121. The molecular formula is C85H165N3O29. The molecule has 0 saturated carbocycles. The van der Waals surface area contributed by atoms with Crippen molar-refractivity contribution in [3.63, 3.8) is 0 Å². The molecule has 32 nitrogen and oxygen atoms in total. The molecule has 0 aliphatic carbocycles. The zero-order chi connectivity index (χ0) is 86.1. The largest absolute Gasteiger partial charge is 0.380 e. The van der Waals surface area contributed by atoms with Gasteiger partial charge in [0.2, 0.25) is 17.7 Å². The van der Waals surface area contributed by atoms with E-state index in [1.807, 2.05) is 39.5 Å². The van der Waals surface area contributed by atoms with Gasteiger partial charge in [0.15, 0.2) is 0 Å². The number of ketones is 4. The van der Waals surface area contributed by atoms with Crippen LogP contribution in [0.4, 0.5) is 0 Å². The van der Waals surface area contributed by atoms with Gasteiger partial charge in [-0.05, 0) is 86.0 Å². The lowest BCUT2D eigenvalue weighted by molar-refractivity contribution is -0.135. The van der Waals surface area contributed by atoms with Crippen molar-refractivity contribution in [3.05, 3.63) is 0 Å². The van der Waals surface area contributed by atoms with Crippen LogP contribution < -0.4 is 0 Å². The minimum absolute atomic E-state index is 0.0319. The summed E-state index contributed by atoms with van der Waals surface area (Å²) in [5.74, 6) is 0.894. The van der Waals surface area contributed by atoms with E-state index in [0.717, 1.165) is 71.0 Å². The number of hydrogen-bond donors (Lipinski definition) is 0. The van der Waals surface area contributed by atoms with Gasteiger partial charge in [-0.2, -0.15) is 0 Å². The Hall–Kier alpha value is -3.79. The maximum absolute atomic E-state index is 12.9. The van der Waals surface area contributed by atoms with Gasteiger partial charge in [0, 0.05) is 137 Å². The fraction of sp³-hybridized carbons (Fsp3) is 0.918. The molecule has 0 aromatic rings. The Morgan fingerprint density at radius 2 is 0.359 bits per heavy atom. The standard InChI is InChI=1S/C32H61NO11.C30H57NO11.C23H47NO7/c1-4-30(34)10-7-8-15-38-22-25-41-18-13-33(14-19-42-26-23-39-16-9-11-31(35)5-2)32(36)12-17-40-24-27-44-29-28-43-21-20-37-6-3;1-4-35-18-19-41-26-27-42-25-22-38-15-10-30(34)31(12-17-40-24-21-37-14-7-9-29(3)33)11-16-39-23-20-36-13-6-5-8-28(2)32;1-4-7-12-27-15-10-24(11-16-28-13-8-5-2)23(25)9-14-29-19-20-31-22-21-30-18-17-26-6-3/h4-29H2,1-3H3;4-27H2,1-3H3;4-22H2,1-3H3. The van der Waals surface area contributed by atoms with Gasteiger partial charge in [-0.25, -0.2) is 0 Å². The molecule has 0 saturated heterocycles. The van der Waals surface area contributed by atoms with Crippen LogP contribution in [-0.4, -0.2) is 386 Å². The number of Topliss-reactive ketones (excluding diaryl/α,β-unsaturated/α-hetero) is 4. The van der Waals surface area contributed by atoms with Gasteiger partial charge in [0.25, 0.3) is 0 Å². The van der Waals surface area contributed by atoms with Crippen LogP contribution >= 0.6 is 0 Å². The fourth-order valence-electron chi connectivity index (χ4n) is 9.73. The second-order valence-corrected chi connectivity index (χ2v) is 26.6. The number of hydrogen-bond acceptors (Lipinski definition) is 29. The highest BCUT2D eigenvalue weighted by molar-refractivity contribution is 5.79. The van der Waals surface area contributed by atoms with Crippen molar-refractivity contribution >= 4 is 40.9 Å². The number of unbranched alkanes of at least 4 members (excludes halogenated alkanes) is 4. The maximum atomic E-state index is 12.9. The molecule has 0 fully saturated rings. The monoisotopic (exact) mass is 1690 g/mol. The van der Waals surface area contributed by atoms with Gasteiger partial charge >= 0.3 is 0 Å². The minimum Gasteiger partial charge on any atom is -0.380 e. The predicted octanol–water partition coefficient (Wildman–Crippen LogP) is 8.68. The predicted molar refractivity (Wildman–Crippen MR) is 447 cm³/mol. The molecular weight excluding hydrogens is 1530 g/mol. The third kappa shape index (κ3) is 97.5. The van der Waals surface area contributed by atoms with E-state index in [1.54, 1.807) is 23.6 Å². The Morgan fingerprint density at radius 1 is 0.179 bits per heavy atom. The van der Waals surface area contributed by atoms with Crippen LogP contribution in [0.1, 0.15) is 184 Å². The highest BCUT2D eigenvalue weighted by atomic mass is 16.6. The molecule has 0 N–H and O–H groups in total. The molecule has 0 unspecified atom stereocenters. The van der Waals surface area contributed by atoms with Crippen LogP contribution in [-0.2, 0) is 138 Å². The first-order valence-corrected chi connectivity index (χ1v) is 43.8. The summed E-state index contributed by atoms with van der Waals surface area (Å²) in [4.78, 5) is 88.0. The summed E-state index contributed by atoms with van der Waals surface area (Å²) in [6, 6.07) is 0. The minimum atomic E-state index is -0.0342. The average Bonchev–Trinajstić information content (AvgIpc) is 0.951. The fourth-order valence-corrected chi connectivity index (χ4v) is 9.73. The number of ether oxygens (including phenoxy) is 22. The summed E-state index contributed by atoms with van der Waals surface area (Å²) in [7, 11) is 0. The van der Waals surface area contributed by atoms with Crippen molar-refractivity contribution < 1.29 is 138 Å². The van der Waals surface area contributed by atoms with Crippen molar-refractivity contribution in [3.8, 4) is 0 Å². The summed E-state index contributed by atoms with van der Waals surface area (Å²) in [5.41, 5.74) is 0. The Kier molecular flexibility index (Phi) is 101. The van der Waals surface area contributed by atoms with Crippen molar-refractivity contribution in [2.75, 3.05) is 330 Å².